The van der Waals surface area contributed by atoms with Gasteiger partial charge in [-0.15, -0.1) is 0 Å². The van der Waals surface area contributed by atoms with E-state index in [9.17, 15) is 15.2 Å². The number of benzene rings is 2. The number of hydrogen-bond acceptors (Lipinski definition) is 6. The average Bonchev–Trinajstić information content (AvgIpc) is 2.57. The second kappa shape index (κ2) is 8.16. The Kier molecular flexibility index (Phi) is 5.97. The summed E-state index contributed by atoms with van der Waals surface area (Å²) in [6.45, 7) is 0.519. The number of nitrogens with zero attached hydrogens (tertiary/aromatic N) is 2. The minimum Gasteiger partial charge on any atom is -0.867 e. The lowest BCUT2D eigenvalue weighted by atomic mass is 10.2. The van der Waals surface area contributed by atoms with E-state index in [1.54, 1.807) is 19.2 Å². The van der Waals surface area contributed by atoms with Gasteiger partial charge in [-0.3, -0.25) is 15.1 Å². The second-order valence-electron chi connectivity index (χ2n) is 4.63. The van der Waals surface area contributed by atoms with Crippen molar-refractivity contribution in [3.05, 3.63) is 57.1 Å². The molecule has 0 N–H and O–H groups in total. The molecule has 0 amide bonds. The molecule has 0 atom stereocenters. The van der Waals surface area contributed by atoms with Gasteiger partial charge in [-0.1, -0.05) is 23.7 Å². The minimum absolute atomic E-state index is 0.0616. The smallest absolute Gasteiger partial charge is 0.263 e. The van der Waals surface area contributed by atoms with Crippen molar-refractivity contribution in [1.29, 1.82) is 0 Å². The number of halogens is 1. The lowest BCUT2D eigenvalue weighted by Gasteiger charge is -2.11. The van der Waals surface area contributed by atoms with Gasteiger partial charge >= 0.3 is 0 Å². The Hall–Kier alpha value is -2.80. The summed E-state index contributed by atoms with van der Waals surface area (Å²) in [6, 6.07) is 9.53. The van der Waals surface area contributed by atoms with Gasteiger partial charge < -0.3 is 14.6 Å². The molecule has 126 valence electrons. The highest BCUT2D eigenvalue weighted by molar-refractivity contribution is 6.31. The van der Waals surface area contributed by atoms with Crippen LogP contribution in [-0.4, -0.2) is 31.4 Å². The van der Waals surface area contributed by atoms with Crippen LogP contribution in [0.1, 0.15) is 5.56 Å². The topological polar surface area (TPSA) is 97.0 Å². The molecule has 7 nitrogen and oxygen atoms in total. The summed E-state index contributed by atoms with van der Waals surface area (Å²) in [7, 11) is 1.54. The fourth-order valence-electron chi connectivity index (χ4n) is 1.94. The summed E-state index contributed by atoms with van der Waals surface area (Å²) in [5.41, 5.74) is -0.513. The highest BCUT2D eigenvalue weighted by Gasteiger charge is 2.11. The van der Waals surface area contributed by atoms with Crippen LogP contribution in [0, 0.1) is 10.1 Å². The van der Waals surface area contributed by atoms with Crippen molar-refractivity contribution >= 4 is 23.5 Å². The third-order valence-electron chi connectivity index (χ3n) is 3.04. The first-order valence-corrected chi connectivity index (χ1v) is 7.31. The third kappa shape index (κ3) is 4.36. The molecular weight excluding hydrogens is 336 g/mol. The summed E-state index contributed by atoms with van der Waals surface area (Å²) in [4.78, 5) is 14.1. The number of rotatable bonds is 7. The maximum absolute atomic E-state index is 11.9. The van der Waals surface area contributed by atoms with Gasteiger partial charge in [0.1, 0.15) is 6.61 Å². The predicted octanol–water partition coefficient (Wildman–Crippen LogP) is 2.83. The molecule has 2 aromatic carbocycles. The number of aliphatic imine (C=N–C) groups is 1. The molecule has 0 heterocycles. The van der Waals surface area contributed by atoms with Crippen LogP contribution in [0.3, 0.4) is 0 Å². The molecule has 0 aliphatic heterocycles. The Morgan fingerprint density at radius 3 is 2.67 bits per heavy atom. The van der Waals surface area contributed by atoms with E-state index in [-0.39, 0.29) is 23.7 Å². The molecule has 0 radical (unpaired) electrons. The molecule has 0 aliphatic carbocycles. The number of nitro benzene ring substituents is 1. The van der Waals surface area contributed by atoms with Crippen LogP contribution in [0.15, 0.2) is 41.4 Å². The second-order valence-corrected chi connectivity index (χ2v) is 5.07. The lowest BCUT2D eigenvalue weighted by molar-refractivity contribution is -0.398. The Balaban J connectivity index is 1.99. The van der Waals surface area contributed by atoms with Crippen molar-refractivity contribution in [3.8, 4) is 17.2 Å². The van der Waals surface area contributed by atoms with Crippen molar-refractivity contribution in [2.75, 3.05) is 20.3 Å². The Morgan fingerprint density at radius 1 is 1.29 bits per heavy atom. The van der Waals surface area contributed by atoms with Gasteiger partial charge in [-0.2, -0.15) is 0 Å². The molecule has 0 fully saturated rings. The Labute approximate surface area is 143 Å². The maximum atomic E-state index is 11.9. The van der Waals surface area contributed by atoms with E-state index < -0.39 is 16.4 Å². The molecule has 8 heteroatoms. The Bertz CT molecular complexity index is 764. The standard InChI is InChI=1S/C16H15ClN2O5/c1-23-14-4-2-3-5-15(14)24-7-6-18-10-11-8-12(17)9-13(16(11)20)19(21)22/h2-5,8-10,20H,6-7H2,1H3/p-1. The number of methoxy groups -OCH3 is 1. The van der Waals surface area contributed by atoms with Gasteiger partial charge in [0.2, 0.25) is 0 Å². The van der Waals surface area contributed by atoms with Crippen molar-refractivity contribution < 1.29 is 19.5 Å². The molecular formula is C16H14ClN2O5-. The lowest BCUT2D eigenvalue weighted by Crippen LogP contribution is -2.04. The summed E-state index contributed by atoms with van der Waals surface area (Å²) in [5, 5.41) is 22.8. The van der Waals surface area contributed by atoms with Crippen molar-refractivity contribution in [3.63, 3.8) is 0 Å². The fourth-order valence-corrected chi connectivity index (χ4v) is 2.16. The predicted molar refractivity (Wildman–Crippen MR) is 88.5 cm³/mol. The first-order valence-electron chi connectivity index (χ1n) is 6.93. The SMILES string of the molecule is COc1ccccc1OCCN=Cc1cc(Cl)cc([N+](=O)[O-])c1[O-]. The van der Waals surface area contributed by atoms with Gasteiger partial charge in [0.15, 0.2) is 11.5 Å². The first kappa shape index (κ1) is 17.6. The summed E-state index contributed by atoms with van der Waals surface area (Å²) in [5.74, 6) is 0.464. The summed E-state index contributed by atoms with van der Waals surface area (Å²) >= 11 is 5.78. The minimum atomic E-state index is -0.768. The largest absolute Gasteiger partial charge is 0.867 e. The maximum Gasteiger partial charge on any atom is 0.263 e. The zero-order valence-electron chi connectivity index (χ0n) is 12.8. The number of hydrogen-bond donors (Lipinski definition) is 0. The molecule has 0 aliphatic rings. The van der Waals surface area contributed by atoms with Crippen LogP contribution >= 0.6 is 11.6 Å². The molecule has 0 saturated carbocycles. The molecule has 2 rings (SSSR count). The quantitative estimate of drug-likeness (QED) is 0.331. The van der Waals surface area contributed by atoms with Crippen LogP contribution in [-0.2, 0) is 0 Å². The van der Waals surface area contributed by atoms with E-state index >= 15 is 0 Å². The van der Waals surface area contributed by atoms with E-state index in [4.69, 9.17) is 21.1 Å². The van der Waals surface area contributed by atoms with Crippen molar-refractivity contribution in [2.45, 2.75) is 0 Å². The summed E-state index contributed by atoms with van der Waals surface area (Å²) in [6.07, 6.45) is 1.26. The molecule has 24 heavy (non-hydrogen) atoms. The molecule has 0 saturated heterocycles. The van der Waals surface area contributed by atoms with Crippen LogP contribution in [0.2, 0.25) is 5.02 Å². The van der Waals surface area contributed by atoms with Crippen LogP contribution in [0.25, 0.3) is 0 Å². The van der Waals surface area contributed by atoms with Crippen LogP contribution < -0.4 is 14.6 Å². The summed E-state index contributed by atoms with van der Waals surface area (Å²) < 4.78 is 10.7. The van der Waals surface area contributed by atoms with Crippen LogP contribution in [0.4, 0.5) is 5.69 Å². The first-order chi connectivity index (χ1) is 11.5. The van der Waals surface area contributed by atoms with Crippen molar-refractivity contribution in [2.24, 2.45) is 4.99 Å². The van der Waals surface area contributed by atoms with Gasteiger partial charge in [-0.05, 0) is 29.5 Å². The zero-order chi connectivity index (χ0) is 17.5. The third-order valence-corrected chi connectivity index (χ3v) is 3.26. The van der Waals surface area contributed by atoms with Gasteiger partial charge in [0.25, 0.3) is 5.69 Å². The highest BCUT2D eigenvalue weighted by atomic mass is 35.5. The van der Waals surface area contributed by atoms with Gasteiger partial charge in [0, 0.05) is 17.3 Å². The zero-order valence-corrected chi connectivity index (χ0v) is 13.5. The fraction of sp³-hybridized carbons (Fsp3) is 0.188. The molecule has 2 aromatic rings. The number of nitro groups is 1. The molecule has 0 unspecified atom stereocenters. The normalized spacial score (nSPS) is 10.8. The van der Waals surface area contributed by atoms with E-state index in [0.29, 0.717) is 11.5 Å². The highest BCUT2D eigenvalue weighted by Crippen LogP contribution is 2.30. The molecule has 0 bridgehead atoms. The van der Waals surface area contributed by atoms with E-state index in [1.165, 1.54) is 12.3 Å². The molecule has 0 aromatic heterocycles. The monoisotopic (exact) mass is 349 g/mol. The van der Waals surface area contributed by atoms with E-state index in [1.807, 2.05) is 12.1 Å². The van der Waals surface area contributed by atoms with Crippen LogP contribution in [0.5, 0.6) is 17.2 Å². The van der Waals surface area contributed by atoms with E-state index in [0.717, 1.165) is 6.07 Å². The average molecular weight is 350 g/mol. The molecule has 0 spiro atoms. The van der Waals surface area contributed by atoms with E-state index in [2.05, 4.69) is 4.99 Å². The number of para-hydroxylation sites is 2. The Morgan fingerprint density at radius 2 is 2.00 bits per heavy atom. The van der Waals surface area contributed by atoms with Gasteiger partial charge in [-0.25, -0.2) is 0 Å². The van der Waals surface area contributed by atoms with Crippen molar-refractivity contribution in [1.82, 2.24) is 0 Å². The van der Waals surface area contributed by atoms with Gasteiger partial charge in [0.05, 0.1) is 18.6 Å². The number of ether oxygens (including phenoxy) is 2.